The second kappa shape index (κ2) is 4.39. The van der Waals surface area contributed by atoms with E-state index >= 15 is 0 Å². The molecule has 2 rings (SSSR count). The zero-order chi connectivity index (χ0) is 10.7. The zero-order valence-electron chi connectivity index (χ0n) is 8.55. The predicted molar refractivity (Wildman–Crippen MR) is 50.3 cm³/mol. The molecule has 0 amide bonds. The molecule has 1 aromatic heterocycles. The SMILES string of the molecule is COC(=O)c1cn(C[C@@H]2CCCO2)nn1. The van der Waals surface area contributed by atoms with E-state index in [0.29, 0.717) is 6.54 Å². The molecule has 0 spiro atoms. The van der Waals surface area contributed by atoms with E-state index < -0.39 is 5.97 Å². The van der Waals surface area contributed by atoms with Crippen molar-refractivity contribution in [2.45, 2.75) is 25.5 Å². The summed E-state index contributed by atoms with van der Waals surface area (Å²) in [7, 11) is 1.32. The molecule has 0 saturated carbocycles. The van der Waals surface area contributed by atoms with E-state index in [1.807, 2.05) is 0 Å². The van der Waals surface area contributed by atoms with E-state index in [0.717, 1.165) is 19.4 Å². The van der Waals surface area contributed by atoms with Gasteiger partial charge in [-0.05, 0) is 12.8 Å². The third-order valence-electron chi connectivity index (χ3n) is 2.35. The maximum atomic E-state index is 11.1. The summed E-state index contributed by atoms with van der Waals surface area (Å²) in [5, 5.41) is 7.55. The Bertz CT molecular complexity index is 344. The highest BCUT2D eigenvalue weighted by Gasteiger charge is 2.18. The van der Waals surface area contributed by atoms with E-state index in [1.54, 1.807) is 10.9 Å². The summed E-state index contributed by atoms with van der Waals surface area (Å²) in [5.74, 6) is -0.464. The highest BCUT2D eigenvalue weighted by Crippen LogP contribution is 2.13. The Labute approximate surface area is 87.2 Å². The number of hydrogen-bond donors (Lipinski definition) is 0. The number of ether oxygens (including phenoxy) is 2. The number of methoxy groups -OCH3 is 1. The fourth-order valence-electron chi connectivity index (χ4n) is 1.58. The molecule has 6 heteroatoms. The van der Waals surface area contributed by atoms with E-state index in [9.17, 15) is 4.79 Å². The maximum absolute atomic E-state index is 11.1. The van der Waals surface area contributed by atoms with Gasteiger partial charge < -0.3 is 9.47 Å². The molecule has 1 aromatic rings. The molecule has 1 aliphatic heterocycles. The standard InChI is InChI=1S/C9H13N3O3/c1-14-9(13)8-6-12(11-10-8)5-7-3-2-4-15-7/h6-7H,2-5H2,1H3/t7-/m0/s1. The molecule has 1 saturated heterocycles. The van der Waals surface area contributed by atoms with Gasteiger partial charge in [0.1, 0.15) is 0 Å². The Kier molecular flexibility index (Phi) is 2.96. The van der Waals surface area contributed by atoms with E-state index in [-0.39, 0.29) is 11.8 Å². The summed E-state index contributed by atoms with van der Waals surface area (Å²) in [5.41, 5.74) is 0.232. The van der Waals surface area contributed by atoms with Crippen molar-refractivity contribution in [2.24, 2.45) is 0 Å². The third-order valence-corrected chi connectivity index (χ3v) is 2.35. The smallest absolute Gasteiger partial charge is 0.360 e. The fourth-order valence-corrected chi connectivity index (χ4v) is 1.58. The largest absolute Gasteiger partial charge is 0.464 e. The number of carbonyl (C=O) groups excluding carboxylic acids is 1. The van der Waals surface area contributed by atoms with Gasteiger partial charge in [-0.2, -0.15) is 0 Å². The monoisotopic (exact) mass is 211 g/mol. The molecule has 1 fully saturated rings. The molecule has 0 aliphatic carbocycles. The van der Waals surface area contributed by atoms with Gasteiger partial charge in [0.25, 0.3) is 0 Å². The summed E-state index contributed by atoms with van der Waals surface area (Å²) in [6, 6.07) is 0. The Morgan fingerprint density at radius 3 is 3.33 bits per heavy atom. The highest BCUT2D eigenvalue weighted by atomic mass is 16.5. The Balaban J connectivity index is 1.97. The molecule has 0 radical (unpaired) electrons. The fraction of sp³-hybridized carbons (Fsp3) is 0.667. The lowest BCUT2D eigenvalue weighted by molar-refractivity contribution is 0.0593. The third kappa shape index (κ3) is 2.33. The van der Waals surface area contributed by atoms with Crippen LogP contribution in [0.1, 0.15) is 23.3 Å². The van der Waals surface area contributed by atoms with Crippen molar-refractivity contribution >= 4 is 5.97 Å². The molecule has 15 heavy (non-hydrogen) atoms. The van der Waals surface area contributed by atoms with Crippen LogP contribution in [0.5, 0.6) is 0 Å². The van der Waals surface area contributed by atoms with Crippen molar-refractivity contribution in [1.82, 2.24) is 15.0 Å². The first-order valence-corrected chi connectivity index (χ1v) is 4.89. The van der Waals surface area contributed by atoms with Crippen LogP contribution in [-0.2, 0) is 16.0 Å². The average Bonchev–Trinajstić information content (AvgIpc) is 2.88. The minimum absolute atomic E-state index is 0.192. The lowest BCUT2D eigenvalue weighted by Crippen LogP contribution is -2.15. The van der Waals surface area contributed by atoms with Gasteiger partial charge in [-0.1, -0.05) is 5.21 Å². The van der Waals surface area contributed by atoms with Crippen molar-refractivity contribution in [3.8, 4) is 0 Å². The average molecular weight is 211 g/mol. The number of hydrogen-bond acceptors (Lipinski definition) is 5. The molecule has 6 nitrogen and oxygen atoms in total. The Morgan fingerprint density at radius 2 is 2.67 bits per heavy atom. The quantitative estimate of drug-likeness (QED) is 0.670. The minimum atomic E-state index is -0.464. The van der Waals surface area contributed by atoms with Crippen molar-refractivity contribution in [1.29, 1.82) is 0 Å². The number of carbonyl (C=O) groups is 1. The zero-order valence-corrected chi connectivity index (χ0v) is 8.55. The summed E-state index contributed by atoms with van der Waals surface area (Å²) in [6.45, 7) is 1.45. The van der Waals surface area contributed by atoms with Crippen LogP contribution in [0.15, 0.2) is 6.20 Å². The van der Waals surface area contributed by atoms with Crippen LogP contribution >= 0.6 is 0 Å². The van der Waals surface area contributed by atoms with Gasteiger partial charge in [0.05, 0.1) is 26.0 Å². The maximum Gasteiger partial charge on any atom is 0.360 e. The van der Waals surface area contributed by atoms with Crippen LogP contribution in [0.4, 0.5) is 0 Å². The number of nitrogens with zero attached hydrogens (tertiary/aromatic N) is 3. The first kappa shape index (κ1) is 10.1. The molecule has 0 N–H and O–H groups in total. The van der Waals surface area contributed by atoms with E-state index in [1.165, 1.54) is 7.11 Å². The molecular weight excluding hydrogens is 198 g/mol. The summed E-state index contributed by atoms with van der Waals surface area (Å²) >= 11 is 0. The normalized spacial score (nSPS) is 20.5. The molecule has 0 aromatic carbocycles. The number of esters is 1. The van der Waals surface area contributed by atoms with Crippen LogP contribution in [0.2, 0.25) is 0 Å². The van der Waals surface area contributed by atoms with Crippen LogP contribution in [-0.4, -0.2) is 40.8 Å². The second-order valence-electron chi connectivity index (χ2n) is 3.45. The van der Waals surface area contributed by atoms with Crippen molar-refractivity contribution < 1.29 is 14.3 Å². The van der Waals surface area contributed by atoms with Crippen LogP contribution < -0.4 is 0 Å². The van der Waals surface area contributed by atoms with Gasteiger partial charge in [0, 0.05) is 6.61 Å². The molecule has 0 unspecified atom stereocenters. The first-order valence-electron chi connectivity index (χ1n) is 4.89. The van der Waals surface area contributed by atoms with Gasteiger partial charge in [0.2, 0.25) is 0 Å². The lowest BCUT2D eigenvalue weighted by Gasteiger charge is -2.07. The molecule has 82 valence electrons. The van der Waals surface area contributed by atoms with Gasteiger partial charge in [-0.3, -0.25) is 0 Å². The Hall–Kier alpha value is -1.43. The number of rotatable bonds is 3. The van der Waals surface area contributed by atoms with Gasteiger partial charge in [-0.15, -0.1) is 5.10 Å². The molecule has 1 aliphatic rings. The minimum Gasteiger partial charge on any atom is -0.464 e. The molecule has 0 bridgehead atoms. The second-order valence-corrected chi connectivity index (χ2v) is 3.45. The summed E-state index contributed by atoms with van der Waals surface area (Å²) in [4.78, 5) is 11.1. The molecule has 1 atom stereocenters. The summed E-state index contributed by atoms with van der Waals surface area (Å²) < 4.78 is 11.6. The molecular formula is C9H13N3O3. The van der Waals surface area contributed by atoms with Crippen LogP contribution in [0.3, 0.4) is 0 Å². The lowest BCUT2D eigenvalue weighted by atomic mass is 10.2. The first-order chi connectivity index (χ1) is 7.29. The van der Waals surface area contributed by atoms with Crippen molar-refractivity contribution in [2.75, 3.05) is 13.7 Å². The van der Waals surface area contributed by atoms with E-state index in [4.69, 9.17) is 4.74 Å². The van der Waals surface area contributed by atoms with Gasteiger partial charge >= 0.3 is 5.97 Å². The number of aromatic nitrogens is 3. The Morgan fingerprint density at radius 1 is 1.80 bits per heavy atom. The van der Waals surface area contributed by atoms with Gasteiger partial charge in [-0.25, -0.2) is 9.48 Å². The topological polar surface area (TPSA) is 66.2 Å². The van der Waals surface area contributed by atoms with Crippen molar-refractivity contribution in [3.63, 3.8) is 0 Å². The predicted octanol–water partition coefficient (Wildman–Crippen LogP) is 0.244. The van der Waals surface area contributed by atoms with E-state index in [2.05, 4.69) is 15.0 Å². The van der Waals surface area contributed by atoms with Crippen LogP contribution in [0.25, 0.3) is 0 Å². The van der Waals surface area contributed by atoms with Crippen LogP contribution in [0, 0.1) is 0 Å². The van der Waals surface area contributed by atoms with Crippen molar-refractivity contribution in [3.05, 3.63) is 11.9 Å². The molecule has 2 heterocycles. The highest BCUT2D eigenvalue weighted by molar-refractivity contribution is 5.86. The van der Waals surface area contributed by atoms with Gasteiger partial charge in [0.15, 0.2) is 5.69 Å². The summed E-state index contributed by atoms with van der Waals surface area (Å²) in [6.07, 6.45) is 3.89.